The Bertz CT molecular complexity index is 1300. The molecule has 0 saturated heterocycles. The summed E-state index contributed by atoms with van der Waals surface area (Å²) >= 11 is 1.18. The Morgan fingerprint density at radius 1 is 1.22 bits per heavy atom. The van der Waals surface area contributed by atoms with Gasteiger partial charge in [0.25, 0.3) is 5.56 Å². The number of carbonyl (C=O) groups is 1. The van der Waals surface area contributed by atoms with Gasteiger partial charge in [-0.25, -0.2) is 9.67 Å². The molecular weight excluding hydrogens is 426 g/mol. The highest BCUT2D eigenvalue weighted by Crippen LogP contribution is 2.18. The van der Waals surface area contributed by atoms with Crippen molar-refractivity contribution in [2.24, 2.45) is 0 Å². The van der Waals surface area contributed by atoms with Crippen molar-refractivity contribution in [2.45, 2.75) is 18.5 Å². The lowest BCUT2D eigenvalue weighted by atomic mass is 10.1. The number of methoxy groups -OCH3 is 1. The maximum absolute atomic E-state index is 12.5. The first-order chi connectivity index (χ1) is 15.5. The highest BCUT2D eigenvalue weighted by Gasteiger charge is 2.13. The van der Waals surface area contributed by atoms with E-state index >= 15 is 0 Å². The summed E-state index contributed by atoms with van der Waals surface area (Å²) in [5, 5.41) is 7.99. The molecule has 0 fully saturated rings. The monoisotopic (exact) mass is 449 g/mol. The summed E-state index contributed by atoms with van der Waals surface area (Å²) in [4.78, 5) is 32.0. The Balaban J connectivity index is 1.39. The van der Waals surface area contributed by atoms with E-state index in [1.165, 1.54) is 18.0 Å². The maximum atomic E-state index is 12.5. The van der Waals surface area contributed by atoms with Crippen LogP contribution in [0.25, 0.3) is 16.7 Å². The Labute approximate surface area is 189 Å². The summed E-state index contributed by atoms with van der Waals surface area (Å²) in [6.45, 7) is 2.51. The first-order valence-electron chi connectivity index (χ1n) is 10.1. The molecule has 1 amide bonds. The van der Waals surface area contributed by atoms with Crippen molar-refractivity contribution in [3.05, 3.63) is 76.2 Å². The molecule has 8 nitrogen and oxygen atoms in total. The minimum atomic E-state index is -0.281. The van der Waals surface area contributed by atoms with E-state index in [2.05, 4.69) is 20.4 Å². The van der Waals surface area contributed by atoms with Gasteiger partial charge in [0.15, 0.2) is 10.8 Å². The molecule has 0 radical (unpaired) electrons. The first kappa shape index (κ1) is 21.6. The molecule has 0 aliphatic heterocycles. The summed E-state index contributed by atoms with van der Waals surface area (Å²) in [6.07, 6.45) is 2.22. The molecule has 0 aliphatic carbocycles. The van der Waals surface area contributed by atoms with E-state index in [4.69, 9.17) is 4.74 Å². The SMILES string of the molecule is COc1ccc(CCNC(=O)CSc2nc3c(cnn3-c3cccc(C)c3)c(=O)[nH]2)cc1. The minimum Gasteiger partial charge on any atom is -0.497 e. The quantitative estimate of drug-likeness (QED) is 0.317. The Morgan fingerprint density at radius 2 is 2.03 bits per heavy atom. The van der Waals surface area contributed by atoms with Gasteiger partial charge in [-0.1, -0.05) is 36.0 Å². The van der Waals surface area contributed by atoms with E-state index in [0.29, 0.717) is 22.7 Å². The van der Waals surface area contributed by atoms with Gasteiger partial charge < -0.3 is 15.0 Å². The number of amides is 1. The van der Waals surface area contributed by atoms with Crippen molar-refractivity contribution in [3.8, 4) is 11.4 Å². The van der Waals surface area contributed by atoms with Gasteiger partial charge in [-0.3, -0.25) is 9.59 Å². The van der Waals surface area contributed by atoms with Crippen LogP contribution in [0.4, 0.5) is 0 Å². The summed E-state index contributed by atoms with van der Waals surface area (Å²) < 4.78 is 6.78. The molecular formula is C23H23N5O3S. The van der Waals surface area contributed by atoms with E-state index in [0.717, 1.165) is 29.0 Å². The van der Waals surface area contributed by atoms with Crippen molar-refractivity contribution in [2.75, 3.05) is 19.4 Å². The van der Waals surface area contributed by atoms with Gasteiger partial charge in [0.2, 0.25) is 5.91 Å². The Kier molecular flexibility index (Phi) is 6.55. The van der Waals surface area contributed by atoms with Gasteiger partial charge in [0, 0.05) is 6.54 Å². The number of carbonyl (C=O) groups excluding carboxylic acids is 1. The third-order valence-corrected chi connectivity index (χ3v) is 5.77. The number of nitrogens with zero attached hydrogens (tertiary/aromatic N) is 3. The zero-order valence-electron chi connectivity index (χ0n) is 17.8. The molecule has 164 valence electrons. The second-order valence-corrected chi connectivity index (χ2v) is 8.20. The number of aryl methyl sites for hydroxylation is 1. The van der Waals surface area contributed by atoms with Gasteiger partial charge in [-0.2, -0.15) is 5.10 Å². The van der Waals surface area contributed by atoms with Gasteiger partial charge in [-0.05, 0) is 48.7 Å². The number of fused-ring (bicyclic) bond motifs is 1. The topological polar surface area (TPSA) is 102 Å². The third kappa shape index (κ3) is 5.00. The number of rotatable bonds is 8. The van der Waals surface area contributed by atoms with Crippen molar-refractivity contribution in [1.82, 2.24) is 25.1 Å². The number of ether oxygens (including phenoxy) is 1. The van der Waals surface area contributed by atoms with Gasteiger partial charge >= 0.3 is 0 Å². The average molecular weight is 450 g/mol. The lowest BCUT2D eigenvalue weighted by Crippen LogP contribution is -2.27. The zero-order chi connectivity index (χ0) is 22.5. The molecule has 4 rings (SSSR count). The molecule has 9 heteroatoms. The van der Waals surface area contributed by atoms with Crippen LogP contribution < -0.4 is 15.6 Å². The standard InChI is InChI=1S/C23H23N5O3S/c1-15-4-3-5-17(12-15)28-21-19(13-25-28)22(30)27-23(26-21)32-14-20(29)24-11-10-16-6-8-18(31-2)9-7-16/h3-9,12-13H,10-11,14H2,1-2H3,(H,24,29)(H,26,27,30). The minimum absolute atomic E-state index is 0.126. The second kappa shape index (κ2) is 9.69. The Hall–Kier alpha value is -3.59. The van der Waals surface area contributed by atoms with Crippen LogP contribution in [0.1, 0.15) is 11.1 Å². The lowest BCUT2D eigenvalue weighted by molar-refractivity contribution is -0.118. The largest absolute Gasteiger partial charge is 0.497 e. The van der Waals surface area contributed by atoms with Gasteiger partial charge in [0.05, 0.1) is 24.7 Å². The highest BCUT2D eigenvalue weighted by molar-refractivity contribution is 7.99. The highest BCUT2D eigenvalue weighted by atomic mass is 32.2. The summed E-state index contributed by atoms with van der Waals surface area (Å²) in [5.74, 6) is 0.824. The summed E-state index contributed by atoms with van der Waals surface area (Å²) in [7, 11) is 1.63. The molecule has 2 aromatic carbocycles. The molecule has 32 heavy (non-hydrogen) atoms. The van der Waals surface area contributed by atoms with Crippen LogP contribution in [-0.2, 0) is 11.2 Å². The van der Waals surface area contributed by atoms with E-state index < -0.39 is 0 Å². The van der Waals surface area contributed by atoms with Crippen molar-refractivity contribution in [1.29, 1.82) is 0 Å². The van der Waals surface area contributed by atoms with Crippen LogP contribution in [0, 0.1) is 6.92 Å². The van der Waals surface area contributed by atoms with Crippen molar-refractivity contribution in [3.63, 3.8) is 0 Å². The number of hydrogen-bond donors (Lipinski definition) is 2. The van der Waals surface area contributed by atoms with E-state index in [1.807, 2.05) is 55.5 Å². The molecule has 0 saturated carbocycles. The number of aromatic nitrogens is 4. The van der Waals surface area contributed by atoms with Gasteiger partial charge in [-0.15, -0.1) is 0 Å². The maximum Gasteiger partial charge on any atom is 0.262 e. The van der Waals surface area contributed by atoms with Crippen molar-refractivity contribution < 1.29 is 9.53 Å². The second-order valence-electron chi connectivity index (χ2n) is 7.24. The molecule has 0 bridgehead atoms. The molecule has 4 aromatic rings. The lowest BCUT2D eigenvalue weighted by Gasteiger charge is -2.07. The molecule has 0 spiro atoms. The van der Waals surface area contributed by atoms with Crippen LogP contribution in [-0.4, -0.2) is 45.1 Å². The summed E-state index contributed by atoms with van der Waals surface area (Å²) in [6, 6.07) is 15.5. The van der Waals surface area contributed by atoms with Crippen LogP contribution in [0.15, 0.2) is 64.7 Å². The van der Waals surface area contributed by atoms with Gasteiger partial charge in [0.1, 0.15) is 11.1 Å². The Morgan fingerprint density at radius 3 is 2.78 bits per heavy atom. The average Bonchev–Trinajstić information content (AvgIpc) is 3.23. The number of nitrogens with one attached hydrogen (secondary N) is 2. The zero-order valence-corrected chi connectivity index (χ0v) is 18.6. The predicted molar refractivity (Wildman–Crippen MR) is 125 cm³/mol. The summed E-state index contributed by atoms with van der Waals surface area (Å²) in [5.41, 5.74) is 3.19. The van der Waals surface area contributed by atoms with Crippen LogP contribution >= 0.6 is 11.8 Å². The van der Waals surface area contributed by atoms with E-state index in [9.17, 15) is 9.59 Å². The first-order valence-corrected chi connectivity index (χ1v) is 11.1. The fourth-order valence-corrected chi connectivity index (χ4v) is 3.92. The number of hydrogen-bond acceptors (Lipinski definition) is 6. The van der Waals surface area contributed by atoms with Crippen LogP contribution in [0.3, 0.4) is 0 Å². The number of benzene rings is 2. The molecule has 2 heterocycles. The van der Waals surface area contributed by atoms with E-state index in [-0.39, 0.29) is 17.2 Å². The number of H-pyrrole nitrogens is 1. The van der Waals surface area contributed by atoms with Crippen LogP contribution in [0.5, 0.6) is 5.75 Å². The molecule has 0 aliphatic rings. The molecule has 0 unspecified atom stereocenters. The van der Waals surface area contributed by atoms with Crippen LogP contribution in [0.2, 0.25) is 0 Å². The fraction of sp³-hybridized carbons (Fsp3) is 0.217. The van der Waals surface area contributed by atoms with E-state index in [1.54, 1.807) is 11.8 Å². The number of thioether (sulfide) groups is 1. The predicted octanol–water partition coefficient (Wildman–Crippen LogP) is 2.88. The van der Waals surface area contributed by atoms with Crippen molar-refractivity contribution >= 4 is 28.7 Å². The number of aromatic amines is 1. The molecule has 2 N–H and O–H groups in total. The molecule has 2 aromatic heterocycles. The fourth-order valence-electron chi connectivity index (χ4n) is 3.24. The normalized spacial score (nSPS) is 10.9. The third-order valence-electron chi connectivity index (χ3n) is 4.90. The molecule has 0 atom stereocenters. The smallest absolute Gasteiger partial charge is 0.262 e.